The molecule has 0 aliphatic rings. The monoisotopic (exact) mass is 445 g/mol. The minimum Gasteiger partial charge on any atom is -0.419 e. The second-order valence-corrected chi connectivity index (χ2v) is 6.66. The van der Waals surface area contributed by atoms with Gasteiger partial charge < -0.3 is 4.42 Å². The van der Waals surface area contributed by atoms with Gasteiger partial charge in [0.05, 0.1) is 13.1 Å². The number of halogens is 1. The highest BCUT2D eigenvalue weighted by molar-refractivity contribution is 9.10. The minimum absolute atomic E-state index is 0.0395. The average Bonchev–Trinajstić information content (AvgIpc) is 3.15. The lowest BCUT2D eigenvalue weighted by atomic mass is 10.2. The Bertz CT molecular complexity index is 1170. The SMILES string of the molecule is C=CCn1c(=O)n(CC=C)c(=O)n(Cc2nnc(-c3cccc(Br)c3)o2)c1=O. The molecule has 0 fully saturated rings. The lowest BCUT2D eigenvalue weighted by Gasteiger charge is -2.10. The Hall–Kier alpha value is -3.27. The number of hydrogen-bond acceptors (Lipinski definition) is 6. The van der Waals surface area contributed by atoms with E-state index in [0.717, 1.165) is 18.2 Å². The Kier molecular flexibility index (Phi) is 5.69. The topological polar surface area (TPSA) is 105 Å². The van der Waals surface area contributed by atoms with Gasteiger partial charge in [-0.05, 0) is 18.2 Å². The molecule has 0 radical (unpaired) electrons. The lowest BCUT2D eigenvalue weighted by Crippen LogP contribution is -2.54. The predicted molar refractivity (Wildman–Crippen MR) is 106 cm³/mol. The predicted octanol–water partition coefficient (Wildman–Crippen LogP) is 1.40. The number of hydrogen-bond donors (Lipinski definition) is 0. The van der Waals surface area contributed by atoms with Gasteiger partial charge in [-0.15, -0.1) is 23.4 Å². The van der Waals surface area contributed by atoms with Crippen LogP contribution in [0.25, 0.3) is 11.5 Å². The third kappa shape index (κ3) is 3.72. The highest BCUT2D eigenvalue weighted by Gasteiger charge is 2.17. The van der Waals surface area contributed by atoms with Crippen LogP contribution in [0, 0.1) is 0 Å². The van der Waals surface area contributed by atoms with Gasteiger partial charge in [0.1, 0.15) is 6.54 Å². The maximum absolute atomic E-state index is 12.6. The summed E-state index contributed by atoms with van der Waals surface area (Å²) >= 11 is 3.36. The van der Waals surface area contributed by atoms with Crippen LogP contribution in [-0.4, -0.2) is 23.9 Å². The lowest BCUT2D eigenvalue weighted by molar-refractivity contribution is 0.441. The van der Waals surface area contributed by atoms with Crippen molar-refractivity contribution in [1.29, 1.82) is 0 Å². The van der Waals surface area contributed by atoms with Crippen molar-refractivity contribution >= 4 is 15.9 Å². The molecule has 2 aromatic heterocycles. The molecule has 0 unspecified atom stereocenters. The highest BCUT2D eigenvalue weighted by atomic mass is 79.9. The maximum atomic E-state index is 12.6. The molecule has 3 rings (SSSR count). The van der Waals surface area contributed by atoms with Crippen LogP contribution in [0.4, 0.5) is 0 Å². The summed E-state index contributed by atoms with van der Waals surface area (Å²) in [5.74, 6) is 0.304. The van der Waals surface area contributed by atoms with Crippen molar-refractivity contribution in [3.63, 3.8) is 0 Å². The Morgan fingerprint density at radius 2 is 1.57 bits per heavy atom. The standard InChI is InChI=1S/C18H16BrN5O4/c1-3-8-22-16(25)23(9-4-2)18(27)24(17(22)26)11-14-20-21-15(28-14)12-6-5-7-13(19)10-12/h3-7,10H,1-2,8-9,11H2. The molecule has 0 atom stereocenters. The van der Waals surface area contributed by atoms with E-state index >= 15 is 0 Å². The summed E-state index contributed by atoms with van der Waals surface area (Å²) in [6.45, 7) is 6.72. The molecular weight excluding hydrogens is 430 g/mol. The third-order valence-corrected chi connectivity index (χ3v) is 4.33. The van der Waals surface area contributed by atoms with Crippen molar-refractivity contribution in [3.05, 3.63) is 91.4 Å². The van der Waals surface area contributed by atoms with Crippen molar-refractivity contribution in [2.75, 3.05) is 0 Å². The molecule has 0 aliphatic heterocycles. The second-order valence-electron chi connectivity index (χ2n) is 5.74. The Labute approximate surface area is 167 Å². The fourth-order valence-electron chi connectivity index (χ4n) is 2.58. The molecule has 0 saturated carbocycles. The molecule has 0 aliphatic carbocycles. The van der Waals surface area contributed by atoms with E-state index in [1.165, 1.54) is 12.2 Å². The van der Waals surface area contributed by atoms with Crippen molar-refractivity contribution in [3.8, 4) is 11.5 Å². The summed E-state index contributed by atoms with van der Waals surface area (Å²) in [5, 5.41) is 7.86. The van der Waals surface area contributed by atoms with Crippen LogP contribution in [0.2, 0.25) is 0 Å². The number of benzene rings is 1. The van der Waals surface area contributed by atoms with E-state index in [4.69, 9.17) is 4.42 Å². The van der Waals surface area contributed by atoms with Crippen LogP contribution in [0.3, 0.4) is 0 Å². The van der Waals surface area contributed by atoms with Crippen LogP contribution in [0.15, 0.2) is 72.8 Å². The molecular formula is C18H16BrN5O4. The van der Waals surface area contributed by atoms with E-state index in [9.17, 15) is 14.4 Å². The molecule has 9 nitrogen and oxygen atoms in total. The zero-order valence-electron chi connectivity index (χ0n) is 14.7. The van der Waals surface area contributed by atoms with E-state index in [1.54, 1.807) is 12.1 Å². The number of rotatable bonds is 7. The van der Waals surface area contributed by atoms with Crippen molar-refractivity contribution < 1.29 is 4.42 Å². The molecule has 144 valence electrons. The van der Waals surface area contributed by atoms with Crippen molar-refractivity contribution in [1.82, 2.24) is 23.9 Å². The van der Waals surface area contributed by atoms with Crippen molar-refractivity contribution in [2.45, 2.75) is 19.6 Å². The highest BCUT2D eigenvalue weighted by Crippen LogP contribution is 2.21. The van der Waals surface area contributed by atoms with Gasteiger partial charge in [-0.25, -0.2) is 28.1 Å². The summed E-state index contributed by atoms with van der Waals surface area (Å²) < 4.78 is 9.11. The molecule has 0 bridgehead atoms. The largest absolute Gasteiger partial charge is 0.419 e. The van der Waals surface area contributed by atoms with Gasteiger partial charge in [-0.1, -0.05) is 34.1 Å². The number of aromatic nitrogens is 5. The van der Waals surface area contributed by atoms with Crippen LogP contribution in [0.1, 0.15) is 5.89 Å². The zero-order valence-corrected chi connectivity index (χ0v) is 16.3. The molecule has 0 N–H and O–H groups in total. The maximum Gasteiger partial charge on any atom is 0.337 e. The summed E-state index contributed by atoms with van der Waals surface area (Å²) in [5.41, 5.74) is -1.61. The minimum atomic E-state index is -0.780. The first kappa shape index (κ1) is 19.5. The van der Waals surface area contributed by atoms with Gasteiger partial charge in [0.25, 0.3) is 0 Å². The second kappa shape index (κ2) is 8.17. The summed E-state index contributed by atoms with van der Waals surface area (Å²) in [4.78, 5) is 37.6. The molecule has 28 heavy (non-hydrogen) atoms. The molecule has 10 heteroatoms. The smallest absolute Gasteiger partial charge is 0.337 e. The van der Waals surface area contributed by atoms with Gasteiger partial charge in [-0.3, -0.25) is 0 Å². The first-order chi connectivity index (χ1) is 13.5. The van der Waals surface area contributed by atoms with Gasteiger partial charge in [-0.2, -0.15) is 0 Å². The van der Waals surface area contributed by atoms with E-state index < -0.39 is 17.1 Å². The van der Waals surface area contributed by atoms with E-state index in [-0.39, 0.29) is 31.4 Å². The Morgan fingerprint density at radius 3 is 2.14 bits per heavy atom. The fourth-order valence-corrected chi connectivity index (χ4v) is 2.98. The van der Waals surface area contributed by atoms with Gasteiger partial charge in [0, 0.05) is 10.0 Å². The first-order valence-corrected chi connectivity index (χ1v) is 9.00. The fraction of sp³-hybridized carbons (Fsp3) is 0.167. The van der Waals surface area contributed by atoms with Crippen LogP contribution >= 0.6 is 15.9 Å². The molecule has 0 amide bonds. The molecule has 2 heterocycles. The number of allylic oxidation sites excluding steroid dienone is 2. The van der Waals surface area contributed by atoms with Gasteiger partial charge in [0.2, 0.25) is 11.8 Å². The number of nitrogens with zero attached hydrogens (tertiary/aromatic N) is 5. The third-order valence-electron chi connectivity index (χ3n) is 3.84. The normalized spacial score (nSPS) is 10.8. The molecule has 1 aromatic carbocycles. The van der Waals surface area contributed by atoms with Crippen LogP contribution in [-0.2, 0) is 19.6 Å². The van der Waals surface area contributed by atoms with Gasteiger partial charge >= 0.3 is 17.1 Å². The first-order valence-electron chi connectivity index (χ1n) is 8.21. The Balaban J connectivity index is 2.06. The van der Waals surface area contributed by atoms with E-state index in [0.29, 0.717) is 5.56 Å². The molecule has 3 aromatic rings. The van der Waals surface area contributed by atoms with E-state index in [2.05, 4.69) is 39.3 Å². The summed E-state index contributed by atoms with van der Waals surface area (Å²) in [6, 6.07) is 7.25. The van der Waals surface area contributed by atoms with Gasteiger partial charge in [0.15, 0.2) is 0 Å². The summed E-state index contributed by atoms with van der Waals surface area (Å²) in [7, 11) is 0. The zero-order chi connectivity index (χ0) is 20.3. The molecule has 0 spiro atoms. The summed E-state index contributed by atoms with van der Waals surface area (Å²) in [6.07, 6.45) is 2.79. The van der Waals surface area contributed by atoms with Crippen LogP contribution in [0.5, 0.6) is 0 Å². The molecule has 0 saturated heterocycles. The van der Waals surface area contributed by atoms with E-state index in [1.807, 2.05) is 12.1 Å². The van der Waals surface area contributed by atoms with Crippen molar-refractivity contribution in [2.24, 2.45) is 0 Å². The average molecular weight is 446 g/mol. The Morgan fingerprint density at radius 1 is 0.964 bits per heavy atom. The van der Waals surface area contributed by atoms with Crippen LogP contribution < -0.4 is 17.1 Å². The quantitative estimate of drug-likeness (QED) is 0.509.